The zero-order chi connectivity index (χ0) is 9.23. The van der Waals surface area contributed by atoms with Crippen molar-refractivity contribution in [2.75, 3.05) is 37.1 Å². The van der Waals surface area contributed by atoms with Crippen LogP contribution in [-0.4, -0.2) is 41.3 Å². The predicted octanol–water partition coefficient (Wildman–Crippen LogP) is 1.10. The van der Waals surface area contributed by atoms with Gasteiger partial charge in [0.2, 0.25) is 0 Å². The Morgan fingerprint density at radius 2 is 2.08 bits per heavy atom. The van der Waals surface area contributed by atoms with Crippen LogP contribution in [0.2, 0.25) is 0 Å². The molecule has 0 aliphatic heterocycles. The van der Waals surface area contributed by atoms with Crippen molar-refractivity contribution >= 4 is 22.6 Å². The summed E-state index contributed by atoms with van der Waals surface area (Å²) < 4.78 is 10.6. The number of thioether (sulfide) groups is 1. The highest BCUT2D eigenvalue weighted by Gasteiger charge is 1.90. The largest absolute Gasteiger partial charge is 0.316 e. The van der Waals surface area contributed by atoms with Gasteiger partial charge in [0.25, 0.3) is 0 Å². The molecule has 0 heterocycles. The Labute approximate surface area is 82.3 Å². The van der Waals surface area contributed by atoms with Gasteiger partial charge in [0.15, 0.2) is 0 Å². The van der Waals surface area contributed by atoms with Gasteiger partial charge in [-0.2, -0.15) is 11.8 Å². The molecule has 0 aliphatic rings. The maximum absolute atomic E-state index is 10.6. The van der Waals surface area contributed by atoms with E-state index in [2.05, 4.69) is 11.6 Å². The quantitative estimate of drug-likeness (QED) is 0.607. The number of hydrogen-bond acceptors (Lipinski definition) is 3. The molecule has 0 aromatic carbocycles. The Balaban J connectivity index is 2.86. The normalized spacial score (nSPS) is 13.2. The van der Waals surface area contributed by atoms with Gasteiger partial charge in [-0.05, 0) is 31.4 Å². The Kier molecular flexibility index (Phi) is 9.91. The van der Waals surface area contributed by atoms with E-state index in [4.69, 9.17) is 0 Å². The molecule has 0 saturated carbocycles. The van der Waals surface area contributed by atoms with Crippen LogP contribution in [0.1, 0.15) is 12.8 Å². The van der Waals surface area contributed by atoms with Crippen LogP contribution in [0.5, 0.6) is 0 Å². The van der Waals surface area contributed by atoms with Gasteiger partial charge in [0, 0.05) is 29.4 Å². The van der Waals surface area contributed by atoms with Crippen molar-refractivity contribution in [3.8, 4) is 0 Å². The fraction of sp³-hybridized carbons (Fsp3) is 1.00. The van der Waals surface area contributed by atoms with E-state index < -0.39 is 10.8 Å². The Morgan fingerprint density at radius 3 is 2.67 bits per heavy atom. The summed E-state index contributed by atoms with van der Waals surface area (Å²) in [6, 6.07) is 0. The van der Waals surface area contributed by atoms with Crippen LogP contribution in [0.15, 0.2) is 0 Å². The Morgan fingerprint density at radius 1 is 1.33 bits per heavy atom. The molecule has 0 saturated heterocycles. The third-order valence-corrected chi connectivity index (χ3v) is 2.99. The standard InChI is InChI=1S/C8H19NOS2/c1-11-7-4-3-5-9-6-8-12(2)10/h9H,3-8H2,1-2H3. The molecule has 74 valence electrons. The molecule has 0 rings (SSSR count). The lowest BCUT2D eigenvalue weighted by Crippen LogP contribution is -2.21. The van der Waals surface area contributed by atoms with E-state index in [1.165, 1.54) is 18.6 Å². The lowest BCUT2D eigenvalue weighted by atomic mass is 10.3. The van der Waals surface area contributed by atoms with E-state index in [1.54, 1.807) is 6.26 Å². The lowest BCUT2D eigenvalue weighted by Gasteiger charge is -2.02. The minimum Gasteiger partial charge on any atom is -0.316 e. The first-order chi connectivity index (χ1) is 5.77. The van der Waals surface area contributed by atoms with Crippen molar-refractivity contribution in [1.82, 2.24) is 5.32 Å². The summed E-state index contributed by atoms with van der Waals surface area (Å²) in [6.07, 6.45) is 6.39. The fourth-order valence-electron chi connectivity index (χ4n) is 0.837. The van der Waals surface area contributed by atoms with E-state index in [-0.39, 0.29) is 0 Å². The van der Waals surface area contributed by atoms with Gasteiger partial charge in [-0.25, -0.2) is 0 Å². The second-order valence-corrected chi connectivity index (χ2v) is 5.27. The van der Waals surface area contributed by atoms with E-state index in [9.17, 15) is 4.21 Å². The molecule has 0 aromatic heterocycles. The second-order valence-electron chi connectivity index (χ2n) is 2.73. The minimum absolute atomic E-state index is 0.641. The minimum atomic E-state index is -0.641. The van der Waals surface area contributed by atoms with Crippen LogP contribution >= 0.6 is 11.8 Å². The Hall–Kier alpha value is 0.460. The molecule has 0 bridgehead atoms. The summed E-state index contributed by atoms with van der Waals surface area (Å²) in [4.78, 5) is 0. The van der Waals surface area contributed by atoms with Gasteiger partial charge in [-0.3, -0.25) is 4.21 Å². The van der Waals surface area contributed by atoms with Crippen LogP contribution in [0.3, 0.4) is 0 Å². The summed E-state index contributed by atoms with van der Waals surface area (Å²) in [5.41, 5.74) is 0. The zero-order valence-corrected chi connectivity index (χ0v) is 9.60. The van der Waals surface area contributed by atoms with Gasteiger partial charge in [-0.15, -0.1) is 0 Å². The Bertz CT molecular complexity index is 120. The maximum atomic E-state index is 10.6. The molecule has 1 N–H and O–H groups in total. The summed E-state index contributed by atoms with van der Waals surface area (Å²) in [5, 5.41) is 3.27. The molecule has 0 aromatic rings. The van der Waals surface area contributed by atoms with Gasteiger partial charge >= 0.3 is 0 Å². The van der Waals surface area contributed by atoms with Gasteiger partial charge in [-0.1, -0.05) is 0 Å². The van der Waals surface area contributed by atoms with Crippen LogP contribution in [0.4, 0.5) is 0 Å². The monoisotopic (exact) mass is 209 g/mol. The van der Waals surface area contributed by atoms with Gasteiger partial charge in [0.1, 0.15) is 0 Å². The van der Waals surface area contributed by atoms with Crippen LogP contribution < -0.4 is 5.32 Å². The van der Waals surface area contributed by atoms with Crippen LogP contribution in [-0.2, 0) is 10.8 Å². The molecular formula is C8H19NOS2. The molecular weight excluding hydrogens is 190 g/mol. The van der Waals surface area contributed by atoms with Crippen molar-refractivity contribution < 1.29 is 4.21 Å². The molecule has 1 unspecified atom stereocenters. The maximum Gasteiger partial charge on any atom is 0.0357 e. The van der Waals surface area contributed by atoms with Crippen molar-refractivity contribution in [3.05, 3.63) is 0 Å². The average molecular weight is 209 g/mol. The van der Waals surface area contributed by atoms with Crippen molar-refractivity contribution in [3.63, 3.8) is 0 Å². The summed E-state index contributed by atoms with van der Waals surface area (Å²) >= 11 is 1.89. The summed E-state index contributed by atoms with van der Waals surface area (Å²) in [5.74, 6) is 2.03. The topological polar surface area (TPSA) is 29.1 Å². The fourth-order valence-corrected chi connectivity index (χ4v) is 1.76. The highest BCUT2D eigenvalue weighted by molar-refractivity contribution is 7.98. The van der Waals surface area contributed by atoms with E-state index >= 15 is 0 Å². The number of nitrogens with one attached hydrogen (secondary N) is 1. The molecule has 1 atom stereocenters. The first kappa shape index (κ1) is 12.5. The number of rotatable bonds is 8. The molecule has 2 nitrogen and oxygen atoms in total. The first-order valence-corrected chi connectivity index (χ1v) is 7.39. The van der Waals surface area contributed by atoms with Gasteiger partial charge < -0.3 is 5.32 Å². The van der Waals surface area contributed by atoms with E-state index in [1.807, 2.05) is 11.8 Å². The highest BCUT2D eigenvalue weighted by Crippen LogP contribution is 1.97. The van der Waals surface area contributed by atoms with Crippen LogP contribution in [0.25, 0.3) is 0 Å². The zero-order valence-electron chi connectivity index (χ0n) is 7.97. The third-order valence-electron chi connectivity index (χ3n) is 1.52. The second kappa shape index (κ2) is 9.55. The molecule has 4 heteroatoms. The number of hydrogen-bond donors (Lipinski definition) is 1. The average Bonchev–Trinajstić information content (AvgIpc) is 2.02. The molecule has 0 fully saturated rings. The van der Waals surface area contributed by atoms with Crippen molar-refractivity contribution in [2.45, 2.75) is 12.8 Å². The number of unbranched alkanes of at least 4 members (excludes halogenated alkanes) is 1. The van der Waals surface area contributed by atoms with Crippen molar-refractivity contribution in [2.24, 2.45) is 0 Å². The van der Waals surface area contributed by atoms with E-state index in [0.717, 1.165) is 18.8 Å². The van der Waals surface area contributed by atoms with Crippen molar-refractivity contribution in [1.29, 1.82) is 0 Å². The first-order valence-electron chi connectivity index (χ1n) is 4.27. The highest BCUT2D eigenvalue weighted by atomic mass is 32.2. The molecule has 0 amide bonds. The van der Waals surface area contributed by atoms with Gasteiger partial charge in [0.05, 0.1) is 0 Å². The predicted molar refractivity (Wildman–Crippen MR) is 59.4 cm³/mol. The molecule has 0 aliphatic carbocycles. The molecule has 0 radical (unpaired) electrons. The SMILES string of the molecule is CSCCCCNCCS(C)=O. The van der Waals surface area contributed by atoms with Crippen LogP contribution in [0, 0.1) is 0 Å². The van der Waals surface area contributed by atoms with E-state index in [0.29, 0.717) is 0 Å². The smallest absolute Gasteiger partial charge is 0.0357 e. The molecule has 12 heavy (non-hydrogen) atoms. The lowest BCUT2D eigenvalue weighted by molar-refractivity contribution is 0.656. The third kappa shape index (κ3) is 10.5. The summed E-state index contributed by atoms with van der Waals surface area (Å²) in [7, 11) is -0.641. The molecule has 0 spiro atoms. The summed E-state index contributed by atoms with van der Waals surface area (Å²) in [6.45, 7) is 1.96.